The Kier molecular flexibility index (Phi) is 7.73. The molecule has 0 radical (unpaired) electrons. The van der Waals surface area contributed by atoms with E-state index >= 15 is 0 Å². The molecule has 0 bridgehead atoms. The largest absolute Gasteiger partial charge is 0.396 e. The molecule has 112 valence electrons. The summed E-state index contributed by atoms with van der Waals surface area (Å²) < 4.78 is 0. The van der Waals surface area contributed by atoms with Gasteiger partial charge in [0.1, 0.15) is 0 Å². The Morgan fingerprint density at radius 1 is 1.10 bits per heavy atom. The molecule has 2 N–H and O–H groups in total. The van der Waals surface area contributed by atoms with Crippen LogP contribution in [0.2, 0.25) is 0 Å². The van der Waals surface area contributed by atoms with Crippen molar-refractivity contribution in [2.45, 2.75) is 33.1 Å². The first kappa shape index (κ1) is 16.5. The van der Waals surface area contributed by atoms with Gasteiger partial charge in [-0.2, -0.15) is 0 Å². The number of benzene rings is 1. The molecule has 0 heterocycles. The van der Waals surface area contributed by atoms with E-state index in [4.69, 9.17) is 5.11 Å². The normalized spacial score (nSPS) is 10.3. The quantitative estimate of drug-likeness (QED) is 0.682. The number of amides is 1. The molecule has 0 unspecified atom stereocenters. The van der Waals surface area contributed by atoms with Crippen molar-refractivity contribution >= 4 is 11.6 Å². The summed E-state index contributed by atoms with van der Waals surface area (Å²) in [5, 5.41) is 11.6. The van der Waals surface area contributed by atoms with Gasteiger partial charge < -0.3 is 15.3 Å². The molecule has 0 aliphatic rings. The summed E-state index contributed by atoms with van der Waals surface area (Å²) in [6, 6.07) is 7.73. The molecule has 0 saturated heterocycles. The van der Waals surface area contributed by atoms with E-state index in [1.165, 1.54) is 0 Å². The van der Waals surface area contributed by atoms with E-state index in [-0.39, 0.29) is 12.5 Å². The predicted octanol–water partition coefficient (Wildman–Crippen LogP) is 2.43. The van der Waals surface area contributed by atoms with Crippen LogP contribution in [0.4, 0.5) is 5.69 Å². The summed E-state index contributed by atoms with van der Waals surface area (Å²) in [5.74, 6) is -0.0277. The van der Waals surface area contributed by atoms with E-state index in [9.17, 15) is 4.79 Å². The van der Waals surface area contributed by atoms with Crippen LogP contribution in [0, 0.1) is 0 Å². The van der Waals surface area contributed by atoms with Crippen molar-refractivity contribution in [1.82, 2.24) is 5.32 Å². The molecule has 1 amide bonds. The lowest BCUT2D eigenvalue weighted by Crippen LogP contribution is -2.25. The van der Waals surface area contributed by atoms with Gasteiger partial charge in [0.15, 0.2) is 0 Å². The zero-order valence-electron chi connectivity index (χ0n) is 12.6. The number of aliphatic hydroxyl groups is 1. The van der Waals surface area contributed by atoms with E-state index in [2.05, 4.69) is 24.1 Å². The van der Waals surface area contributed by atoms with Gasteiger partial charge in [-0.25, -0.2) is 0 Å². The fraction of sp³-hybridized carbons (Fsp3) is 0.562. The average Bonchev–Trinajstić information content (AvgIpc) is 2.49. The van der Waals surface area contributed by atoms with Crippen LogP contribution < -0.4 is 10.2 Å². The van der Waals surface area contributed by atoms with Crippen LogP contribution >= 0.6 is 0 Å². The molecule has 0 spiro atoms. The summed E-state index contributed by atoms with van der Waals surface area (Å²) in [6.07, 6.45) is 2.65. The summed E-state index contributed by atoms with van der Waals surface area (Å²) in [5.41, 5.74) is 1.84. The van der Waals surface area contributed by atoms with Crippen molar-refractivity contribution in [2.75, 3.05) is 31.1 Å². The summed E-state index contributed by atoms with van der Waals surface area (Å²) in [7, 11) is 0. The van der Waals surface area contributed by atoms with Gasteiger partial charge in [0.05, 0.1) is 0 Å². The van der Waals surface area contributed by atoms with Crippen LogP contribution in [0.5, 0.6) is 0 Å². The molecule has 1 rings (SSSR count). The lowest BCUT2D eigenvalue weighted by atomic mass is 10.1. The van der Waals surface area contributed by atoms with Gasteiger partial charge in [-0.3, -0.25) is 4.79 Å². The molecule has 0 fully saturated rings. The fourth-order valence-electron chi connectivity index (χ4n) is 2.13. The molecule has 4 heteroatoms. The SMILES string of the molecule is CCN(CC)c1ccc(C(=O)NCCCCCO)cc1. The highest BCUT2D eigenvalue weighted by molar-refractivity contribution is 5.94. The predicted molar refractivity (Wildman–Crippen MR) is 83.3 cm³/mol. The van der Waals surface area contributed by atoms with E-state index < -0.39 is 0 Å². The zero-order chi connectivity index (χ0) is 14.8. The van der Waals surface area contributed by atoms with E-state index in [0.717, 1.165) is 38.0 Å². The molecular weight excluding hydrogens is 252 g/mol. The topological polar surface area (TPSA) is 52.6 Å². The number of nitrogens with zero attached hydrogens (tertiary/aromatic N) is 1. The van der Waals surface area contributed by atoms with Gasteiger partial charge in [-0.05, 0) is 57.4 Å². The highest BCUT2D eigenvalue weighted by atomic mass is 16.2. The molecule has 0 aliphatic heterocycles. The van der Waals surface area contributed by atoms with Gasteiger partial charge in [0, 0.05) is 37.5 Å². The number of carbonyl (C=O) groups excluding carboxylic acids is 1. The Bertz CT molecular complexity index is 386. The molecule has 0 atom stereocenters. The Hall–Kier alpha value is -1.55. The molecule has 0 saturated carbocycles. The first-order valence-corrected chi connectivity index (χ1v) is 7.47. The van der Waals surface area contributed by atoms with Crippen LogP contribution in [0.25, 0.3) is 0 Å². The lowest BCUT2D eigenvalue weighted by molar-refractivity contribution is 0.0953. The average molecular weight is 278 g/mol. The number of hydrogen-bond acceptors (Lipinski definition) is 3. The summed E-state index contributed by atoms with van der Waals surface area (Å²) >= 11 is 0. The zero-order valence-corrected chi connectivity index (χ0v) is 12.6. The maximum atomic E-state index is 11.9. The third-order valence-corrected chi connectivity index (χ3v) is 3.38. The molecular formula is C16H26N2O2. The first-order valence-electron chi connectivity index (χ1n) is 7.47. The molecule has 1 aromatic rings. The standard InChI is InChI=1S/C16H26N2O2/c1-3-18(4-2)15-10-8-14(9-11-15)16(20)17-12-6-5-7-13-19/h8-11,19H,3-7,12-13H2,1-2H3,(H,17,20). The minimum absolute atomic E-state index is 0.0277. The van der Waals surface area contributed by atoms with E-state index in [1.54, 1.807) is 0 Å². The Balaban J connectivity index is 2.45. The molecule has 0 aliphatic carbocycles. The monoisotopic (exact) mass is 278 g/mol. The molecule has 1 aromatic carbocycles. The third kappa shape index (κ3) is 5.21. The van der Waals surface area contributed by atoms with Crippen LogP contribution in [0.3, 0.4) is 0 Å². The number of hydrogen-bond donors (Lipinski definition) is 2. The number of carbonyl (C=O) groups is 1. The first-order chi connectivity index (χ1) is 9.72. The summed E-state index contributed by atoms with van der Waals surface area (Å²) in [4.78, 5) is 14.2. The Morgan fingerprint density at radius 3 is 2.30 bits per heavy atom. The van der Waals surface area contributed by atoms with E-state index in [0.29, 0.717) is 12.1 Å². The van der Waals surface area contributed by atoms with Gasteiger partial charge in [-0.15, -0.1) is 0 Å². The second kappa shape index (κ2) is 9.37. The van der Waals surface area contributed by atoms with Gasteiger partial charge >= 0.3 is 0 Å². The minimum Gasteiger partial charge on any atom is -0.396 e. The number of nitrogens with one attached hydrogen (secondary N) is 1. The number of unbranched alkanes of at least 4 members (excludes halogenated alkanes) is 2. The second-order valence-corrected chi connectivity index (χ2v) is 4.76. The van der Waals surface area contributed by atoms with Crippen LogP contribution in [0.15, 0.2) is 24.3 Å². The van der Waals surface area contributed by atoms with Gasteiger partial charge in [0.2, 0.25) is 0 Å². The highest BCUT2D eigenvalue weighted by Crippen LogP contribution is 2.14. The Morgan fingerprint density at radius 2 is 1.75 bits per heavy atom. The third-order valence-electron chi connectivity index (χ3n) is 3.38. The van der Waals surface area contributed by atoms with E-state index in [1.807, 2.05) is 24.3 Å². The fourth-order valence-corrected chi connectivity index (χ4v) is 2.13. The molecule has 20 heavy (non-hydrogen) atoms. The van der Waals surface area contributed by atoms with Crippen molar-refractivity contribution in [3.05, 3.63) is 29.8 Å². The smallest absolute Gasteiger partial charge is 0.251 e. The van der Waals surface area contributed by atoms with Gasteiger partial charge in [0.25, 0.3) is 5.91 Å². The van der Waals surface area contributed by atoms with Gasteiger partial charge in [-0.1, -0.05) is 0 Å². The highest BCUT2D eigenvalue weighted by Gasteiger charge is 2.06. The van der Waals surface area contributed by atoms with Crippen molar-refractivity contribution in [3.8, 4) is 0 Å². The van der Waals surface area contributed by atoms with Crippen LogP contribution in [-0.4, -0.2) is 37.3 Å². The van der Waals surface area contributed by atoms with Crippen molar-refractivity contribution < 1.29 is 9.90 Å². The maximum Gasteiger partial charge on any atom is 0.251 e. The Labute approximate surface area is 121 Å². The second-order valence-electron chi connectivity index (χ2n) is 4.76. The summed E-state index contributed by atoms with van der Waals surface area (Å²) in [6.45, 7) is 7.06. The van der Waals surface area contributed by atoms with Crippen molar-refractivity contribution in [3.63, 3.8) is 0 Å². The van der Waals surface area contributed by atoms with Crippen molar-refractivity contribution in [2.24, 2.45) is 0 Å². The number of rotatable bonds is 9. The molecule has 4 nitrogen and oxygen atoms in total. The number of aliphatic hydroxyl groups excluding tert-OH is 1. The van der Waals surface area contributed by atoms with Crippen molar-refractivity contribution in [1.29, 1.82) is 0 Å². The maximum absolute atomic E-state index is 11.9. The lowest BCUT2D eigenvalue weighted by Gasteiger charge is -2.21. The minimum atomic E-state index is -0.0277. The number of anilines is 1. The van der Waals surface area contributed by atoms with Crippen LogP contribution in [0.1, 0.15) is 43.5 Å². The van der Waals surface area contributed by atoms with Crippen LogP contribution in [-0.2, 0) is 0 Å². The molecule has 0 aromatic heterocycles.